The van der Waals surface area contributed by atoms with E-state index in [4.69, 9.17) is 9.72 Å². The van der Waals surface area contributed by atoms with Crippen molar-refractivity contribution in [2.24, 2.45) is 0 Å². The van der Waals surface area contributed by atoms with Crippen LogP contribution in [0.25, 0.3) is 27.6 Å². The van der Waals surface area contributed by atoms with E-state index in [1.165, 1.54) is 0 Å². The first-order valence-corrected chi connectivity index (χ1v) is 12.2. The van der Waals surface area contributed by atoms with Gasteiger partial charge in [0.25, 0.3) is 0 Å². The Bertz CT molecular complexity index is 1380. The van der Waals surface area contributed by atoms with E-state index in [-0.39, 0.29) is 0 Å². The van der Waals surface area contributed by atoms with Gasteiger partial charge in [0, 0.05) is 29.1 Å². The quantitative estimate of drug-likeness (QED) is 0.269. The van der Waals surface area contributed by atoms with Crippen molar-refractivity contribution in [3.63, 3.8) is 0 Å². The lowest BCUT2D eigenvalue weighted by Crippen LogP contribution is -2.02. The fraction of sp³-hybridized carbons (Fsp3) is 0.120. The number of ether oxygens (including phenoxy) is 1. The highest BCUT2D eigenvalue weighted by Gasteiger charge is 2.18. The number of aromatic nitrogens is 5. The minimum Gasteiger partial charge on any atom is -0.496 e. The molecule has 0 radical (unpaired) electrons. The van der Waals surface area contributed by atoms with Gasteiger partial charge in [-0.05, 0) is 42.8 Å². The minimum atomic E-state index is 0.683. The Kier molecular flexibility index (Phi) is 6.19. The van der Waals surface area contributed by atoms with Gasteiger partial charge in [-0.15, -0.1) is 21.5 Å². The number of pyridine rings is 1. The summed E-state index contributed by atoms with van der Waals surface area (Å²) in [5.74, 6) is 2.28. The fourth-order valence-electron chi connectivity index (χ4n) is 3.53. The molecule has 2 aromatic carbocycles. The van der Waals surface area contributed by atoms with Crippen LogP contribution < -0.4 is 4.74 Å². The minimum absolute atomic E-state index is 0.683. The normalized spacial score (nSPS) is 11.0. The predicted octanol–water partition coefficient (Wildman–Crippen LogP) is 6.06. The first-order valence-electron chi connectivity index (χ1n) is 10.4. The molecule has 33 heavy (non-hydrogen) atoms. The second-order valence-corrected chi connectivity index (χ2v) is 9.10. The summed E-state index contributed by atoms with van der Waals surface area (Å²) in [6.45, 7) is 2.09. The average Bonchev–Trinajstić information content (AvgIpc) is 3.51. The number of para-hydroxylation sites is 2. The van der Waals surface area contributed by atoms with Crippen LogP contribution in [0.15, 0.2) is 83.6 Å². The Morgan fingerprint density at radius 1 is 1.00 bits per heavy atom. The lowest BCUT2D eigenvalue weighted by Gasteiger charge is -2.12. The van der Waals surface area contributed by atoms with Gasteiger partial charge >= 0.3 is 0 Å². The molecule has 3 heterocycles. The molecule has 164 valence electrons. The Hall–Kier alpha value is -3.49. The zero-order valence-electron chi connectivity index (χ0n) is 18.2. The summed E-state index contributed by atoms with van der Waals surface area (Å²) in [5.41, 5.74) is 5.12. The zero-order chi connectivity index (χ0) is 22.6. The molecule has 0 aliphatic heterocycles. The standard InChI is InChI=1S/C25H21N5OS2/c1-17-8-3-5-11-21(17)30-23(18-9-7-13-26-14-18)28-29-25(30)33-16-19-15-32-24(27-19)20-10-4-6-12-22(20)31-2/h3-15H,16H2,1-2H3. The molecule has 0 fully saturated rings. The van der Waals surface area contributed by atoms with Crippen molar-refractivity contribution in [2.45, 2.75) is 17.8 Å². The second kappa shape index (κ2) is 9.56. The van der Waals surface area contributed by atoms with E-state index in [0.29, 0.717) is 5.75 Å². The molecular formula is C25H21N5OS2. The number of rotatable bonds is 7. The van der Waals surface area contributed by atoms with Crippen LogP contribution in [0.1, 0.15) is 11.3 Å². The second-order valence-electron chi connectivity index (χ2n) is 7.30. The van der Waals surface area contributed by atoms with Crippen molar-refractivity contribution in [3.05, 3.63) is 89.7 Å². The van der Waals surface area contributed by atoms with Crippen molar-refractivity contribution < 1.29 is 4.74 Å². The number of methoxy groups -OCH3 is 1. The molecule has 0 unspecified atom stereocenters. The van der Waals surface area contributed by atoms with Gasteiger partial charge in [0.1, 0.15) is 10.8 Å². The molecule has 5 aromatic rings. The first-order chi connectivity index (χ1) is 16.2. The van der Waals surface area contributed by atoms with Gasteiger partial charge in [-0.1, -0.05) is 42.1 Å². The first kappa shape index (κ1) is 21.4. The SMILES string of the molecule is COc1ccccc1-c1nc(CSc2nnc(-c3cccnc3)n2-c2ccccc2C)cs1. The van der Waals surface area contributed by atoms with Gasteiger partial charge in [-0.25, -0.2) is 4.98 Å². The molecule has 0 N–H and O–H groups in total. The molecule has 0 bridgehead atoms. The topological polar surface area (TPSA) is 65.7 Å². The average molecular weight is 472 g/mol. The van der Waals surface area contributed by atoms with Crippen LogP contribution in [0.5, 0.6) is 5.75 Å². The highest BCUT2D eigenvalue weighted by Crippen LogP contribution is 2.34. The van der Waals surface area contributed by atoms with Gasteiger partial charge in [0.05, 0.1) is 24.1 Å². The molecule has 5 rings (SSSR count). The third-order valence-corrected chi connectivity index (χ3v) is 7.03. The van der Waals surface area contributed by atoms with Crippen LogP contribution in [0.2, 0.25) is 0 Å². The van der Waals surface area contributed by atoms with Crippen molar-refractivity contribution in [2.75, 3.05) is 7.11 Å². The van der Waals surface area contributed by atoms with Gasteiger partial charge in [0.2, 0.25) is 0 Å². The highest BCUT2D eigenvalue weighted by molar-refractivity contribution is 7.98. The van der Waals surface area contributed by atoms with E-state index in [0.717, 1.165) is 49.8 Å². The van der Waals surface area contributed by atoms with Crippen LogP contribution >= 0.6 is 23.1 Å². The maximum atomic E-state index is 5.49. The zero-order valence-corrected chi connectivity index (χ0v) is 19.8. The Morgan fingerprint density at radius 2 is 1.85 bits per heavy atom. The van der Waals surface area contributed by atoms with Crippen LogP contribution in [0.4, 0.5) is 0 Å². The Morgan fingerprint density at radius 3 is 2.67 bits per heavy atom. The van der Waals surface area contributed by atoms with Crippen LogP contribution in [-0.2, 0) is 5.75 Å². The smallest absolute Gasteiger partial charge is 0.196 e. The molecule has 0 aliphatic rings. The van der Waals surface area contributed by atoms with Gasteiger partial charge < -0.3 is 4.74 Å². The number of hydrogen-bond acceptors (Lipinski definition) is 7. The van der Waals surface area contributed by atoms with E-state index in [9.17, 15) is 0 Å². The summed E-state index contributed by atoms with van der Waals surface area (Å²) < 4.78 is 7.60. The number of thioether (sulfide) groups is 1. The molecular weight excluding hydrogens is 450 g/mol. The molecule has 0 saturated heterocycles. The van der Waals surface area contributed by atoms with Crippen molar-refractivity contribution in [3.8, 4) is 33.4 Å². The molecule has 0 spiro atoms. The van der Waals surface area contributed by atoms with E-state index in [1.807, 2.05) is 54.7 Å². The summed E-state index contributed by atoms with van der Waals surface area (Å²) >= 11 is 3.24. The summed E-state index contributed by atoms with van der Waals surface area (Å²) in [6, 6.07) is 20.1. The summed E-state index contributed by atoms with van der Waals surface area (Å²) in [6.07, 6.45) is 3.57. The predicted molar refractivity (Wildman–Crippen MR) is 133 cm³/mol. The number of aryl methyl sites for hydroxylation is 1. The van der Waals surface area contributed by atoms with E-state index < -0.39 is 0 Å². The fourth-order valence-corrected chi connectivity index (χ4v) is 5.33. The molecule has 0 atom stereocenters. The maximum absolute atomic E-state index is 5.49. The number of thiazole rings is 1. The van der Waals surface area contributed by atoms with E-state index in [2.05, 4.69) is 44.2 Å². The van der Waals surface area contributed by atoms with Crippen molar-refractivity contribution in [1.29, 1.82) is 0 Å². The number of benzene rings is 2. The van der Waals surface area contributed by atoms with Crippen molar-refractivity contribution >= 4 is 23.1 Å². The maximum Gasteiger partial charge on any atom is 0.196 e. The molecule has 0 saturated carbocycles. The molecule has 0 amide bonds. The summed E-state index contributed by atoms with van der Waals surface area (Å²) in [7, 11) is 1.68. The Labute approximate surface area is 200 Å². The van der Waals surface area contributed by atoms with Gasteiger partial charge in [0.15, 0.2) is 11.0 Å². The van der Waals surface area contributed by atoms with Crippen molar-refractivity contribution in [1.82, 2.24) is 24.7 Å². The summed E-state index contributed by atoms with van der Waals surface area (Å²) in [4.78, 5) is 9.10. The van der Waals surface area contributed by atoms with Gasteiger partial charge in [-0.2, -0.15) is 0 Å². The van der Waals surface area contributed by atoms with Crippen LogP contribution in [0, 0.1) is 6.92 Å². The number of nitrogens with zero attached hydrogens (tertiary/aromatic N) is 5. The molecule has 8 heteroatoms. The third-order valence-electron chi connectivity index (χ3n) is 5.15. The Balaban J connectivity index is 1.46. The van der Waals surface area contributed by atoms with E-state index in [1.54, 1.807) is 36.4 Å². The molecule has 3 aromatic heterocycles. The monoisotopic (exact) mass is 471 g/mol. The van der Waals surface area contributed by atoms with E-state index >= 15 is 0 Å². The van der Waals surface area contributed by atoms with Crippen LogP contribution in [-0.4, -0.2) is 31.8 Å². The third kappa shape index (κ3) is 4.40. The van der Waals surface area contributed by atoms with Crippen LogP contribution in [0.3, 0.4) is 0 Å². The summed E-state index contributed by atoms with van der Waals surface area (Å²) in [5, 5.41) is 12.9. The largest absolute Gasteiger partial charge is 0.496 e. The molecule has 0 aliphatic carbocycles. The highest BCUT2D eigenvalue weighted by atomic mass is 32.2. The van der Waals surface area contributed by atoms with Gasteiger partial charge in [-0.3, -0.25) is 9.55 Å². The molecule has 6 nitrogen and oxygen atoms in total. The lowest BCUT2D eigenvalue weighted by atomic mass is 10.2. The number of hydrogen-bond donors (Lipinski definition) is 0. The lowest BCUT2D eigenvalue weighted by molar-refractivity contribution is 0.416.